The van der Waals surface area contributed by atoms with Crippen molar-refractivity contribution >= 4 is 28.3 Å². The molecule has 0 amide bonds. The summed E-state index contributed by atoms with van der Waals surface area (Å²) in [5.41, 5.74) is 15.6. The van der Waals surface area contributed by atoms with Crippen molar-refractivity contribution in [2.24, 2.45) is 0 Å². The van der Waals surface area contributed by atoms with E-state index in [0.717, 1.165) is 63.0 Å². The molecular weight excluding hydrogens is 585 g/mol. The Morgan fingerprint density at radius 1 is 0.479 bits per heavy atom. The van der Waals surface area contributed by atoms with Crippen molar-refractivity contribution in [1.82, 2.24) is 0 Å². The van der Waals surface area contributed by atoms with E-state index in [9.17, 15) is 4.79 Å². The van der Waals surface area contributed by atoms with E-state index in [-0.39, 0.29) is 5.97 Å². The molecule has 0 aliphatic heterocycles. The Morgan fingerprint density at radius 2 is 0.833 bits per heavy atom. The highest BCUT2D eigenvalue weighted by Crippen LogP contribution is 2.45. The number of carbonyl (C=O) groups excluding carboxylic acids is 1. The van der Waals surface area contributed by atoms with Gasteiger partial charge in [0, 0.05) is 6.08 Å². The van der Waals surface area contributed by atoms with Crippen molar-refractivity contribution in [2.75, 3.05) is 6.61 Å². The fraction of sp³-hybridized carbons (Fsp3) is 0.196. The average molecular weight is 631 g/mol. The lowest BCUT2D eigenvalue weighted by Gasteiger charge is -2.24. The van der Waals surface area contributed by atoms with Crippen LogP contribution in [0.3, 0.4) is 0 Å². The monoisotopic (exact) mass is 630 g/mol. The molecule has 242 valence electrons. The predicted octanol–water partition coefficient (Wildman–Crippen LogP) is 11.7. The molecule has 48 heavy (non-hydrogen) atoms. The summed E-state index contributed by atoms with van der Waals surface area (Å²) < 4.78 is 5.60. The van der Waals surface area contributed by atoms with Crippen molar-refractivity contribution in [3.63, 3.8) is 0 Å². The van der Waals surface area contributed by atoms with Gasteiger partial charge in [-0.3, -0.25) is 0 Å². The van der Waals surface area contributed by atoms with Gasteiger partial charge in [-0.2, -0.15) is 0 Å². The normalized spacial score (nSPS) is 11.7. The molecule has 0 atom stereocenters. The van der Waals surface area contributed by atoms with Crippen LogP contribution in [-0.2, 0) is 9.53 Å². The maximum absolute atomic E-state index is 13.1. The van der Waals surface area contributed by atoms with Crippen LogP contribution < -0.4 is 0 Å². The lowest BCUT2D eigenvalue weighted by molar-refractivity contribution is -0.137. The van der Waals surface area contributed by atoms with Gasteiger partial charge in [0.05, 0.1) is 6.61 Å². The van der Waals surface area contributed by atoms with Gasteiger partial charge < -0.3 is 4.74 Å². The summed E-state index contributed by atoms with van der Waals surface area (Å²) in [6.07, 6.45) is 5.34. The predicted molar refractivity (Wildman–Crippen MR) is 204 cm³/mol. The number of hydrogen-bond acceptors (Lipinski definition) is 2. The highest BCUT2D eigenvalue weighted by molar-refractivity contribution is 6.25. The van der Waals surface area contributed by atoms with Gasteiger partial charge in [0.15, 0.2) is 0 Å². The highest BCUT2D eigenvalue weighted by Gasteiger charge is 2.23. The van der Waals surface area contributed by atoms with Crippen LogP contribution in [0, 0.1) is 34.6 Å². The molecule has 0 saturated carbocycles. The van der Waals surface area contributed by atoms with E-state index in [4.69, 9.17) is 4.74 Å². The molecule has 0 bridgehead atoms. The first-order chi connectivity index (χ1) is 23.2. The third kappa shape index (κ3) is 8.57. The minimum atomic E-state index is -0.338. The molecule has 5 aromatic rings. The molecule has 0 saturated heterocycles. The molecule has 0 radical (unpaired) electrons. The Bertz CT molecular complexity index is 1870. The van der Waals surface area contributed by atoms with E-state index in [1.54, 1.807) is 6.08 Å². The molecule has 0 spiro atoms. The molecule has 5 aromatic carbocycles. The Balaban J connectivity index is 1.97. The second-order valence-corrected chi connectivity index (χ2v) is 12.7. The number of unbranched alkanes of at least 4 members (excludes halogenated alkanes) is 1. The second-order valence-electron chi connectivity index (χ2n) is 12.7. The number of rotatable bonds is 11. The summed E-state index contributed by atoms with van der Waals surface area (Å²) in [5, 5.41) is 0. The van der Waals surface area contributed by atoms with E-state index < -0.39 is 0 Å². The zero-order valence-corrected chi connectivity index (χ0v) is 29.1. The molecule has 0 fully saturated rings. The molecular formula is C46H46O2. The van der Waals surface area contributed by atoms with E-state index in [2.05, 4.69) is 163 Å². The van der Waals surface area contributed by atoms with Crippen LogP contribution in [0.4, 0.5) is 0 Å². The fourth-order valence-corrected chi connectivity index (χ4v) is 5.76. The van der Waals surface area contributed by atoms with E-state index in [1.165, 1.54) is 27.8 Å². The topological polar surface area (TPSA) is 26.3 Å². The number of carbonyl (C=O) groups is 1. The number of ether oxygens (including phenoxy) is 1. The van der Waals surface area contributed by atoms with Crippen LogP contribution in [0.5, 0.6) is 0 Å². The number of aryl methyl sites for hydroxylation is 5. The molecule has 0 aliphatic rings. The fourth-order valence-electron chi connectivity index (χ4n) is 5.76. The van der Waals surface area contributed by atoms with Gasteiger partial charge in [-0.25, -0.2) is 4.79 Å². The number of hydrogen-bond donors (Lipinski definition) is 0. The third-order valence-electron chi connectivity index (χ3n) is 8.62. The van der Waals surface area contributed by atoms with Crippen molar-refractivity contribution in [3.8, 4) is 0 Å². The summed E-state index contributed by atoms with van der Waals surface area (Å²) in [6, 6.07) is 43.7. The van der Waals surface area contributed by atoms with Gasteiger partial charge >= 0.3 is 5.97 Å². The molecule has 5 rings (SSSR count). The van der Waals surface area contributed by atoms with E-state index >= 15 is 0 Å². The van der Waals surface area contributed by atoms with Crippen LogP contribution in [0.2, 0.25) is 0 Å². The van der Waals surface area contributed by atoms with Gasteiger partial charge in [0.2, 0.25) is 0 Å². The second kappa shape index (κ2) is 16.1. The maximum atomic E-state index is 13.1. The Labute approximate surface area is 287 Å². The number of benzene rings is 5. The molecule has 0 N–H and O–H groups in total. The summed E-state index contributed by atoms with van der Waals surface area (Å²) in [4.78, 5) is 13.1. The minimum Gasteiger partial charge on any atom is -0.463 e. The maximum Gasteiger partial charge on any atom is 0.330 e. The van der Waals surface area contributed by atoms with Crippen molar-refractivity contribution < 1.29 is 9.53 Å². The molecule has 0 aromatic heterocycles. The Kier molecular flexibility index (Phi) is 11.4. The van der Waals surface area contributed by atoms with Crippen molar-refractivity contribution in [2.45, 2.75) is 54.4 Å². The van der Waals surface area contributed by atoms with E-state index in [1.807, 2.05) is 6.08 Å². The first-order valence-electron chi connectivity index (χ1n) is 16.9. The lowest BCUT2D eigenvalue weighted by atomic mass is 9.79. The molecule has 0 heterocycles. The van der Waals surface area contributed by atoms with Crippen LogP contribution >= 0.6 is 0 Å². The molecule has 2 nitrogen and oxygen atoms in total. The van der Waals surface area contributed by atoms with Gasteiger partial charge in [0.25, 0.3) is 0 Å². The first kappa shape index (κ1) is 34.1. The smallest absolute Gasteiger partial charge is 0.330 e. The average Bonchev–Trinajstić information content (AvgIpc) is 3.09. The van der Waals surface area contributed by atoms with Crippen LogP contribution in [0.15, 0.2) is 133 Å². The van der Waals surface area contributed by atoms with Crippen molar-refractivity contribution in [3.05, 3.63) is 189 Å². The largest absolute Gasteiger partial charge is 0.463 e. The van der Waals surface area contributed by atoms with Crippen LogP contribution in [-0.4, -0.2) is 12.6 Å². The highest BCUT2D eigenvalue weighted by atomic mass is 16.5. The third-order valence-corrected chi connectivity index (χ3v) is 8.62. The van der Waals surface area contributed by atoms with Gasteiger partial charge in [-0.1, -0.05) is 162 Å². The summed E-state index contributed by atoms with van der Waals surface area (Å²) >= 11 is 0. The number of esters is 1. The molecule has 2 heteroatoms. The molecule has 0 unspecified atom stereocenters. The Hall–Kier alpha value is -5.21. The first-order valence-corrected chi connectivity index (χ1v) is 16.9. The molecule has 0 aliphatic carbocycles. The van der Waals surface area contributed by atoms with E-state index in [0.29, 0.717) is 6.61 Å². The van der Waals surface area contributed by atoms with Crippen molar-refractivity contribution in [1.29, 1.82) is 0 Å². The zero-order valence-electron chi connectivity index (χ0n) is 29.1. The summed E-state index contributed by atoms with van der Waals surface area (Å²) in [6.45, 7) is 13.1. The SMILES string of the molecule is CCCCOC(=O)/C=C/C(=C(\C(=C(c1ccc(C)cc1)c1ccc(C)cc1)c1ccc(C)cc1)c1ccc(C)cc1)c1ccc(C)cc1. The van der Waals surface area contributed by atoms with Crippen LogP contribution in [0.25, 0.3) is 22.3 Å². The van der Waals surface area contributed by atoms with Gasteiger partial charge in [0.1, 0.15) is 0 Å². The lowest BCUT2D eigenvalue weighted by Crippen LogP contribution is -2.04. The standard InChI is InChI=1S/C46H46O2/c1-7-8-31-48-43(47)30-29-42(37-19-9-32(2)10-20-37)45(40-25-15-35(5)16-26-40)46(41-27-17-36(6)18-28-41)44(38-21-11-33(3)12-22-38)39-23-13-34(4)14-24-39/h9-30H,7-8,31H2,1-6H3/b30-29+,45-42+. The van der Waals surface area contributed by atoms with Gasteiger partial charge in [-0.05, 0) is 97.2 Å². The minimum absolute atomic E-state index is 0.338. The zero-order chi connectivity index (χ0) is 34.0. The summed E-state index contributed by atoms with van der Waals surface area (Å²) in [5.74, 6) is -0.338. The van der Waals surface area contributed by atoms with Crippen LogP contribution in [0.1, 0.15) is 75.4 Å². The Morgan fingerprint density at radius 3 is 1.23 bits per heavy atom. The quantitative estimate of drug-likeness (QED) is 0.0477. The number of allylic oxidation sites excluding steroid dienone is 4. The summed E-state index contributed by atoms with van der Waals surface area (Å²) in [7, 11) is 0. The van der Waals surface area contributed by atoms with Gasteiger partial charge in [-0.15, -0.1) is 0 Å².